The van der Waals surface area contributed by atoms with Crippen LogP contribution in [0.15, 0.2) is 53.0 Å². The first-order valence-corrected chi connectivity index (χ1v) is 7.94. The molecule has 1 aliphatic carbocycles. The van der Waals surface area contributed by atoms with Crippen molar-refractivity contribution >= 4 is 15.9 Å². The lowest BCUT2D eigenvalue weighted by Gasteiger charge is -2.16. The number of fused-ring (bicyclic) bond motifs is 1. The third-order valence-corrected chi connectivity index (χ3v) is 5.50. The van der Waals surface area contributed by atoms with Crippen LogP contribution in [0, 0.1) is 12.8 Å². The normalized spacial score (nSPS) is 21.9. The van der Waals surface area contributed by atoms with Gasteiger partial charge in [-0.15, -0.1) is 0 Å². The second kappa shape index (κ2) is 4.59. The summed E-state index contributed by atoms with van der Waals surface area (Å²) in [4.78, 5) is 12.4. The van der Waals surface area contributed by atoms with E-state index in [1.807, 2.05) is 19.1 Å². The molecule has 0 bridgehead atoms. The molecule has 20 heavy (non-hydrogen) atoms. The molecule has 1 aliphatic heterocycles. The maximum Gasteiger partial charge on any atom is 0.266 e. The summed E-state index contributed by atoms with van der Waals surface area (Å²) in [6.07, 6.45) is 6.22. The van der Waals surface area contributed by atoms with Crippen molar-refractivity contribution in [2.24, 2.45) is 5.92 Å². The fourth-order valence-corrected chi connectivity index (χ4v) is 4.00. The number of nitrogens with zero attached hydrogens (tertiary/aromatic N) is 1. The molecule has 1 amide bonds. The molecule has 3 rings (SSSR count). The maximum absolute atomic E-state index is 12.6. The van der Waals surface area contributed by atoms with Crippen molar-refractivity contribution in [3.63, 3.8) is 0 Å². The standard InChI is InChI=1S/C15H15NO3S/c1-11-6-8-13(9-7-11)20(18,19)16-10-12-4-2-3-5-14(12)15(16)17/h2-3,5-9,12H,4,10H2,1H3. The number of hydrogen-bond donors (Lipinski definition) is 0. The Hall–Kier alpha value is -1.88. The number of aryl methyl sites for hydroxylation is 1. The van der Waals surface area contributed by atoms with Crippen molar-refractivity contribution in [1.29, 1.82) is 0 Å². The summed E-state index contributed by atoms with van der Waals surface area (Å²) in [5.41, 5.74) is 1.58. The Morgan fingerprint density at radius 1 is 1.20 bits per heavy atom. The highest BCUT2D eigenvalue weighted by molar-refractivity contribution is 7.89. The summed E-state index contributed by atoms with van der Waals surface area (Å²) >= 11 is 0. The van der Waals surface area contributed by atoms with E-state index in [0.29, 0.717) is 5.57 Å². The Labute approximate surface area is 118 Å². The molecule has 4 nitrogen and oxygen atoms in total. The van der Waals surface area contributed by atoms with Crippen LogP contribution >= 0.6 is 0 Å². The number of carbonyl (C=O) groups excluding carboxylic acids is 1. The zero-order chi connectivity index (χ0) is 14.3. The number of sulfonamides is 1. The zero-order valence-corrected chi connectivity index (χ0v) is 11.9. The highest BCUT2D eigenvalue weighted by atomic mass is 32.2. The number of carbonyl (C=O) groups is 1. The average molecular weight is 289 g/mol. The first-order chi connectivity index (χ1) is 9.50. The zero-order valence-electron chi connectivity index (χ0n) is 11.1. The van der Waals surface area contributed by atoms with Crippen molar-refractivity contribution < 1.29 is 13.2 Å². The van der Waals surface area contributed by atoms with Crippen molar-refractivity contribution in [2.45, 2.75) is 18.2 Å². The molecule has 0 aromatic heterocycles. The van der Waals surface area contributed by atoms with E-state index in [9.17, 15) is 13.2 Å². The molecule has 1 aromatic rings. The van der Waals surface area contributed by atoms with Crippen molar-refractivity contribution in [3.05, 3.63) is 53.6 Å². The lowest BCUT2D eigenvalue weighted by Crippen LogP contribution is -2.32. The number of amides is 1. The second-order valence-corrected chi connectivity index (χ2v) is 7.00. The molecule has 2 aliphatic rings. The van der Waals surface area contributed by atoms with Gasteiger partial charge in [0.25, 0.3) is 15.9 Å². The molecular formula is C15H15NO3S. The highest BCUT2D eigenvalue weighted by Crippen LogP contribution is 2.33. The van der Waals surface area contributed by atoms with Crippen LogP contribution in [0.1, 0.15) is 12.0 Å². The summed E-state index contributed by atoms with van der Waals surface area (Å²) < 4.78 is 26.1. The Morgan fingerprint density at radius 3 is 2.55 bits per heavy atom. The highest BCUT2D eigenvalue weighted by Gasteiger charge is 2.41. The quantitative estimate of drug-likeness (QED) is 0.837. The minimum atomic E-state index is -3.75. The van der Waals surface area contributed by atoms with Gasteiger partial charge in [-0.25, -0.2) is 12.7 Å². The monoisotopic (exact) mass is 289 g/mol. The Morgan fingerprint density at radius 2 is 1.90 bits per heavy atom. The summed E-state index contributed by atoms with van der Waals surface area (Å²) in [6, 6.07) is 6.57. The van der Waals surface area contributed by atoms with E-state index in [0.717, 1.165) is 16.3 Å². The van der Waals surface area contributed by atoms with Crippen LogP contribution in [-0.4, -0.2) is 25.2 Å². The fraction of sp³-hybridized carbons (Fsp3) is 0.267. The summed E-state index contributed by atoms with van der Waals surface area (Å²) in [7, 11) is -3.75. The van der Waals surface area contributed by atoms with Gasteiger partial charge in [-0.05, 0) is 25.5 Å². The molecule has 1 atom stereocenters. The van der Waals surface area contributed by atoms with E-state index in [2.05, 4.69) is 0 Å². The maximum atomic E-state index is 12.6. The molecule has 1 fully saturated rings. The molecule has 0 spiro atoms. The number of allylic oxidation sites excluding steroid dienone is 3. The number of rotatable bonds is 2. The van der Waals surface area contributed by atoms with Crippen LogP contribution in [-0.2, 0) is 14.8 Å². The van der Waals surface area contributed by atoms with E-state index in [1.165, 1.54) is 0 Å². The molecule has 0 radical (unpaired) electrons. The van der Waals surface area contributed by atoms with Gasteiger partial charge in [0.05, 0.1) is 4.90 Å². The lowest BCUT2D eigenvalue weighted by atomic mass is 9.95. The fourth-order valence-electron chi connectivity index (χ4n) is 2.57. The second-order valence-electron chi connectivity index (χ2n) is 5.14. The van der Waals surface area contributed by atoms with E-state index in [1.54, 1.807) is 30.3 Å². The summed E-state index contributed by atoms with van der Waals surface area (Å²) in [5.74, 6) is -0.396. The lowest BCUT2D eigenvalue weighted by molar-refractivity contribution is -0.120. The minimum Gasteiger partial charge on any atom is -0.268 e. The molecule has 1 unspecified atom stereocenters. The van der Waals surface area contributed by atoms with E-state index in [-0.39, 0.29) is 23.3 Å². The molecule has 1 saturated heterocycles. The Kier molecular flexibility index (Phi) is 3.01. The predicted octanol–water partition coefficient (Wildman–Crippen LogP) is 2.03. The van der Waals surface area contributed by atoms with E-state index >= 15 is 0 Å². The van der Waals surface area contributed by atoms with Gasteiger partial charge in [-0.1, -0.05) is 35.9 Å². The molecule has 5 heteroatoms. The molecule has 0 saturated carbocycles. The minimum absolute atomic E-state index is 0.00674. The van der Waals surface area contributed by atoms with E-state index < -0.39 is 10.0 Å². The van der Waals surface area contributed by atoms with Crippen LogP contribution in [0.4, 0.5) is 0 Å². The molecule has 1 aromatic carbocycles. The van der Waals surface area contributed by atoms with Crippen molar-refractivity contribution in [2.75, 3.05) is 6.54 Å². The smallest absolute Gasteiger partial charge is 0.266 e. The van der Waals surface area contributed by atoms with Crippen molar-refractivity contribution in [3.8, 4) is 0 Å². The van der Waals surface area contributed by atoms with E-state index in [4.69, 9.17) is 0 Å². The Balaban J connectivity index is 1.97. The summed E-state index contributed by atoms with van der Waals surface area (Å²) in [5, 5.41) is 0. The van der Waals surface area contributed by atoms with Crippen LogP contribution < -0.4 is 0 Å². The molecule has 104 valence electrons. The third-order valence-electron chi connectivity index (χ3n) is 3.74. The van der Waals surface area contributed by atoms with Gasteiger partial charge in [0, 0.05) is 18.0 Å². The average Bonchev–Trinajstić information content (AvgIpc) is 2.78. The third kappa shape index (κ3) is 1.98. The molecular weight excluding hydrogens is 274 g/mol. The predicted molar refractivity (Wildman–Crippen MR) is 75.4 cm³/mol. The van der Waals surface area contributed by atoms with Gasteiger partial charge in [0.1, 0.15) is 0 Å². The SMILES string of the molecule is Cc1ccc(S(=O)(=O)N2CC3CC=CC=C3C2=O)cc1. The largest absolute Gasteiger partial charge is 0.268 e. The van der Waals surface area contributed by atoms with Crippen LogP contribution in [0.5, 0.6) is 0 Å². The first-order valence-electron chi connectivity index (χ1n) is 6.50. The molecule has 0 N–H and O–H groups in total. The topological polar surface area (TPSA) is 54.5 Å². The van der Waals surface area contributed by atoms with Crippen molar-refractivity contribution in [1.82, 2.24) is 4.31 Å². The van der Waals surface area contributed by atoms with Gasteiger partial charge in [0.15, 0.2) is 0 Å². The first kappa shape index (κ1) is 13.1. The summed E-state index contributed by atoms with van der Waals surface area (Å²) in [6.45, 7) is 2.13. The van der Waals surface area contributed by atoms with Crippen LogP contribution in [0.25, 0.3) is 0 Å². The van der Waals surface area contributed by atoms with Gasteiger partial charge < -0.3 is 0 Å². The van der Waals surface area contributed by atoms with Crippen LogP contribution in [0.2, 0.25) is 0 Å². The van der Waals surface area contributed by atoms with Gasteiger partial charge in [-0.2, -0.15) is 0 Å². The molecule has 1 heterocycles. The van der Waals surface area contributed by atoms with Crippen LogP contribution in [0.3, 0.4) is 0 Å². The number of hydrogen-bond acceptors (Lipinski definition) is 3. The number of benzene rings is 1. The van der Waals surface area contributed by atoms with Gasteiger partial charge in [0.2, 0.25) is 0 Å². The Bertz CT molecular complexity index is 714. The van der Waals surface area contributed by atoms with Gasteiger partial charge in [-0.3, -0.25) is 4.79 Å². The van der Waals surface area contributed by atoms with Gasteiger partial charge >= 0.3 is 0 Å².